The predicted molar refractivity (Wildman–Crippen MR) is 144 cm³/mol. The van der Waals surface area contributed by atoms with Crippen LogP contribution in [-0.2, 0) is 30.7 Å². The van der Waals surface area contributed by atoms with E-state index in [0.29, 0.717) is 32.0 Å². The van der Waals surface area contributed by atoms with Crippen molar-refractivity contribution >= 4 is 35.0 Å². The summed E-state index contributed by atoms with van der Waals surface area (Å²) in [5.74, 6) is -0.184. The Kier molecular flexibility index (Phi) is 8.37. The van der Waals surface area contributed by atoms with Crippen LogP contribution in [0.15, 0.2) is 64.8 Å². The van der Waals surface area contributed by atoms with Gasteiger partial charge >= 0.3 is 5.97 Å². The van der Waals surface area contributed by atoms with Gasteiger partial charge in [-0.3, -0.25) is 9.48 Å². The molecule has 8 nitrogen and oxygen atoms in total. The summed E-state index contributed by atoms with van der Waals surface area (Å²) in [5, 5.41) is 15.9. The summed E-state index contributed by atoms with van der Waals surface area (Å²) in [6.45, 7) is 7.48. The van der Waals surface area contributed by atoms with Crippen LogP contribution >= 0.6 is 23.1 Å². The maximum atomic E-state index is 11.5. The molecule has 0 aliphatic heterocycles. The smallest absolute Gasteiger partial charge is 0.319 e. The number of thioether (sulfide) groups is 1. The number of rotatable bonds is 12. The second-order valence-electron chi connectivity index (χ2n) is 8.97. The Labute approximate surface area is 219 Å². The monoisotopic (exact) mass is 522 g/mol. The maximum absolute atomic E-state index is 11.5. The number of aromatic nitrogens is 5. The van der Waals surface area contributed by atoms with Crippen molar-refractivity contribution in [3.8, 4) is 0 Å². The standard InChI is InChI=1S/C26H30N6O2S2/c1-4-19-12-27-24(28-13-19)31(11-10-22-18-35-25(30-22)36-26(2,3)23(33)34)15-21-14-29-32(17-21)16-20-8-6-5-7-9-20/h5-9,12-14,17-18H,4,10-11,15-16H2,1-3H3,(H,33,34). The number of aryl methyl sites for hydroxylation is 1. The molecule has 10 heteroatoms. The van der Waals surface area contributed by atoms with Gasteiger partial charge in [0, 0.05) is 49.0 Å². The van der Waals surface area contributed by atoms with Crippen LogP contribution in [0.2, 0.25) is 0 Å². The van der Waals surface area contributed by atoms with E-state index in [9.17, 15) is 9.90 Å². The first-order chi connectivity index (χ1) is 17.3. The number of nitrogens with zero attached hydrogens (tertiary/aromatic N) is 6. The van der Waals surface area contributed by atoms with Gasteiger partial charge < -0.3 is 10.0 Å². The van der Waals surface area contributed by atoms with Gasteiger partial charge in [-0.2, -0.15) is 5.10 Å². The molecule has 1 aromatic carbocycles. The Hall–Kier alpha value is -3.24. The molecule has 36 heavy (non-hydrogen) atoms. The van der Waals surface area contributed by atoms with E-state index in [0.717, 1.165) is 27.6 Å². The van der Waals surface area contributed by atoms with Crippen molar-refractivity contribution in [2.45, 2.75) is 55.8 Å². The highest BCUT2D eigenvalue weighted by Crippen LogP contribution is 2.34. The van der Waals surface area contributed by atoms with Crippen LogP contribution in [0.3, 0.4) is 0 Å². The first-order valence-electron chi connectivity index (χ1n) is 11.8. The summed E-state index contributed by atoms with van der Waals surface area (Å²) in [6, 6.07) is 10.3. The second-order valence-corrected chi connectivity index (χ2v) is 11.7. The number of thiazole rings is 1. The summed E-state index contributed by atoms with van der Waals surface area (Å²) in [6.07, 6.45) is 9.29. The maximum Gasteiger partial charge on any atom is 0.319 e. The van der Waals surface area contributed by atoms with Gasteiger partial charge in [0.2, 0.25) is 5.95 Å². The molecule has 0 radical (unpaired) electrons. The van der Waals surface area contributed by atoms with Crippen LogP contribution in [0.1, 0.15) is 43.2 Å². The Bertz CT molecular complexity index is 1270. The number of hydrogen-bond acceptors (Lipinski definition) is 8. The molecule has 0 unspecified atom stereocenters. The molecule has 0 aliphatic carbocycles. The van der Waals surface area contributed by atoms with Gasteiger partial charge in [0.25, 0.3) is 0 Å². The average Bonchev–Trinajstić information content (AvgIpc) is 3.51. The fourth-order valence-electron chi connectivity index (χ4n) is 3.47. The number of anilines is 1. The summed E-state index contributed by atoms with van der Waals surface area (Å²) < 4.78 is 1.78. The van der Waals surface area contributed by atoms with E-state index in [1.54, 1.807) is 13.8 Å². The van der Waals surface area contributed by atoms with Crippen molar-refractivity contribution < 1.29 is 9.90 Å². The highest BCUT2D eigenvalue weighted by molar-refractivity contribution is 8.03. The highest BCUT2D eigenvalue weighted by Gasteiger charge is 2.29. The topological polar surface area (TPSA) is 97.0 Å². The fraction of sp³-hybridized carbons (Fsp3) is 0.346. The molecule has 188 valence electrons. The van der Waals surface area contributed by atoms with Crippen molar-refractivity contribution in [1.82, 2.24) is 24.7 Å². The number of hydrogen-bond donors (Lipinski definition) is 1. The molecule has 4 aromatic rings. The molecule has 0 bridgehead atoms. The molecule has 3 heterocycles. The zero-order chi connectivity index (χ0) is 25.5. The minimum absolute atomic E-state index is 0.623. The molecule has 1 N–H and O–H groups in total. The van der Waals surface area contributed by atoms with E-state index in [1.165, 1.54) is 28.7 Å². The molecule has 4 rings (SSSR count). The van der Waals surface area contributed by atoms with E-state index in [4.69, 9.17) is 0 Å². The molecule has 0 saturated heterocycles. The Morgan fingerprint density at radius 2 is 1.86 bits per heavy atom. The van der Waals surface area contributed by atoms with Gasteiger partial charge in [-0.05, 0) is 31.4 Å². The van der Waals surface area contributed by atoms with Crippen molar-refractivity contribution in [3.63, 3.8) is 0 Å². The third-order valence-electron chi connectivity index (χ3n) is 5.66. The largest absolute Gasteiger partial charge is 0.480 e. The quantitative estimate of drug-likeness (QED) is 0.261. The third-order valence-corrected chi connectivity index (χ3v) is 7.83. The van der Waals surface area contributed by atoms with Crippen LogP contribution in [0.4, 0.5) is 5.95 Å². The molecular formula is C26H30N6O2S2. The summed E-state index contributed by atoms with van der Waals surface area (Å²) in [5.41, 5.74) is 4.30. The minimum Gasteiger partial charge on any atom is -0.480 e. The lowest BCUT2D eigenvalue weighted by atomic mass is 10.2. The predicted octanol–water partition coefficient (Wildman–Crippen LogP) is 4.94. The van der Waals surface area contributed by atoms with Crippen LogP contribution in [0, 0.1) is 0 Å². The van der Waals surface area contributed by atoms with Gasteiger partial charge in [-0.25, -0.2) is 15.0 Å². The first-order valence-corrected chi connectivity index (χ1v) is 13.5. The zero-order valence-corrected chi connectivity index (χ0v) is 22.3. The van der Waals surface area contributed by atoms with E-state index in [1.807, 2.05) is 46.9 Å². The van der Waals surface area contributed by atoms with Gasteiger partial charge in [-0.1, -0.05) is 49.0 Å². The Morgan fingerprint density at radius 1 is 1.11 bits per heavy atom. The summed E-state index contributed by atoms with van der Waals surface area (Å²) >= 11 is 2.75. The number of benzene rings is 1. The molecule has 3 aromatic heterocycles. The highest BCUT2D eigenvalue weighted by atomic mass is 32.2. The molecule has 0 amide bonds. The van der Waals surface area contributed by atoms with Crippen LogP contribution in [0.5, 0.6) is 0 Å². The van der Waals surface area contributed by atoms with E-state index in [2.05, 4.69) is 50.2 Å². The Balaban J connectivity index is 1.46. The number of carboxylic acids is 1. The number of aliphatic carboxylic acids is 1. The van der Waals surface area contributed by atoms with E-state index in [-0.39, 0.29) is 0 Å². The lowest BCUT2D eigenvalue weighted by molar-refractivity contribution is -0.138. The van der Waals surface area contributed by atoms with Crippen molar-refractivity contribution in [1.29, 1.82) is 0 Å². The van der Waals surface area contributed by atoms with Crippen LogP contribution in [-0.4, -0.2) is 47.1 Å². The molecular weight excluding hydrogens is 492 g/mol. The zero-order valence-electron chi connectivity index (χ0n) is 20.7. The van der Waals surface area contributed by atoms with Crippen molar-refractivity contribution in [2.24, 2.45) is 0 Å². The molecule has 0 saturated carbocycles. The average molecular weight is 523 g/mol. The van der Waals surface area contributed by atoms with Crippen LogP contribution < -0.4 is 4.90 Å². The van der Waals surface area contributed by atoms with Crippen LogP contribution in [0.25, 0.3) is 0 Å². The van der Waals surface area contributed by atoms with Gasteiger partial charge in [-0.15, -0.1) is 11.3 Å². The van der Waals surface area contributed by atoms with Crippen molar-refractivity contribution in [2.75, 3.05) is 11.4 Å². The lowest BCUT2D eigenvalue weighted by Crippen LogP contribution is -2.27. The third kappa shape index (κ3) is 6.92. The van der Waals surface area contributed by atoms with E-state index < -0.39 is 10.7 Å². The summed E-state index contributed by atoms with van der Waals surface area (Å²) in [4.78, 5) is 27.5. The second kappa shape index (κ2) is 11.7. The molecule has 0 atom stereocenters. The SMILES string of the molecule is CCc1cnc(N(CCc2csc(SC(C)(C)C(=O)O)n2)Cc2cnn(Cc3ccccc3)c2)nc1. The Morgan fingerprint density at radius 3 is 2.56 bits per heavy atom. The number of carboxylic acid groups (broad SMARTS) is 1. The van der Waals surface area contributed by atoms with Gasteiger partial charge in [0.05, 0.1) is 18.4 Å². The van der Waals surface area contributed by atoms with Gasteiger partial charge in [0.1, 0.15) is 4.75 Å². The molecule has 0 spiro atoms. The lowest BCUT2D eigenvalue weighted by Gasteiger charge is -2.21. The van der Waals surface area contributed by atoms with Gasteiger partial charge in [0.15, 0.2) is 4.34 Å². The summed E-state index contributed by atoms with van der Waals surface area (Å²) in [7, 11) is 0. The fourth-order valence-corrected chi connectivity index (χ4v) is 5.70. The molecule has 0 aliphatic rings. The number of carbonyl (C=O) groups is 1. The molecule has 0 fully saturated rings. The normalized spacial score (nSPS) is 11.5. The van der Waals surface area contributed by atoms with E-state index >= 15 is 0 Å². The first kappa shape index (κ1) is 25.8. The van der Waals surface area contributed by atoms with Crippen molar-refractivity contribution in [3.05, 3.63) is 82.9 Å². The minimum atomic E-state index is -0.921.